The molecule has 0 radical (unpaired) electrons. The Balaban J connectivity index is 1.00. The van der Waals surface area contributed by atoms with Crippen LogP contribution in [-0.2, 0) is 16.1 Å². The highest BCUT2D eigenvalue weighted by Crippen LogP contribution is 2.33. The normalized spacial score (nSPS) is 14.3. The van der Waals surface area contributed by atoms with Crippen molar-refractivity contribution < 1.29 is 23.5 Å². The van der Waals surface area contributed by atoms with Crippen molar-refractivity contribution in [2.24, 2.45) is 5.10 Å². The number of rotatable bonds is 8. The standard InChI is InChI=1S/C39H30N2O6/c1-25-19-38(43)47-36-21-32(17-18-33(25)36)45-23-26-11-13-29(14-12-26)39(44)46-24-37(42)41-35(28-8-3-2-4-9-28)22-34(40-41)31-16-15-27-7-5-6-10-30(27)20-31/h2-21,35H,22-24H2,1H3/t35-/m0/s1. The summed E-state index contributed by atoms with van der Waals surface area (Å²) in [6, 6.07) is 37.3. The molecule has 8 nitrogen and oxygen atoms in total. The van der Waals surface area contributed by atoms with Crippen LogP contribution in [0.2, 0.25) is 0 Å². The molecule has 1 aliphatic heterocycles. The van der Waals surface area contributed by atoms with Crippen LogP contribution in [0.4, 0.5) is 0 Å². The summed E-state index contributed by atoms with van der Waals surface area (Å²) >= 11 is 0. The lowest BCUT2D eigenvalue weighted by Crippen LogP contribution is -2.31. The quantitative estimate of drug-likeness (QED) is 0.130. The van der Waals surface area contributed by atoms with Crippen molar-refractivity contribution >= 4 is 39.3 Å². The molecule has 1 atom stereocenters. The summed E-state index contributed by atoms with van der Waals surface area (Å²) in [5, 5.41) is 9.24. The fourth-order valence-electron chi connectivity index (χ4n) is 5.79. The van der Waals surface area contributed by atoms with E-state index in [-0.39, 0.29) is 12.6 Å². The Labute approximate surface area is 270 Å². The van der Waals surface area contributed by atoms with E-state index in [0.717, 1.165) is 44.1 Å². The van der Waals surface area contributed by atoms with Crippen molar-refractivity contribution in [1.29, 1.82) is 0 Å². The zero-order valence-corrected chi connectivity index (χ0v) is 25.6. The molecule has 0 fully saturated rings. The second-order valence-corrected chi connectivity index (χ2v) is 11.4. The smallest absolute Gasteiger partial charge is 0.338 e. The Kier molecular flexibility index (Phi) is 8.06. The Morgan fingerprint density at radius 2 is 1.62 bits per heavy atom. The van der Waals surface area contributed by atoms with Gasteiger partial charge in [0.25, 0.3) is 5.91 Å². The lowest BCUT2D eigenvalue weighted by molar-refractivity contribution is -0.136. The molecule has 47 heavy (non-hydrogen) atoms. The van der Waals surface area contributed by atoms with Gasteiger partial charge in [0.15, 0.2) is 6.61 Å². The molecule has 232 valence electrons. The molecule has 0 saturated heterocycles. The number of esters is 1. The van der Waals surface area contributed by atoms with Crippen molar-refractivity contribution in [3.8, 4) is 5.75 Å². The highest BCUT2D eigenvalue weighted by Gasteiger charge is 2.33. The number of hydrazone groups is 1. The molecular weight excluding hydrogens is 592 g/mol. The van der Waals surface area contributed by atoms with Gasteiger partial charge in [0.05, 0.1) is 17.3 Å². The highest BCUT2D eigenvalue weighted by atomic mass is 16.5. The Morgan fingerprint density at radius 1 is 0.851 bits per heavy atom. The van der Waals surface area contributed by atoms with Crippen molar-refractivity contribution in [2.75, 3.05) is 6.61 Å². The number of carbonyl (C=O) groups is 2. The first-order valence-electron chi connectivity index (χ1n) is 15.3. The maximum Gasteiger partial charge on any atom is 0.338 e. The van der Waals surface area contributed by atoms with Crippen LogP contribution in [0.1, 0.15) is 45.1 Å². The number of hydrogen-bond donors (Lipinski definition) is 0. The SMILES string of the molecule is Cc1cc(=O)oc2cc(OCc3ccc(C(=O)OCC(=O)N4N=C(c5ccc6ccccc6c5)C[C@H]4c4ccccc4)cc3)ccc12. The molecule has 0 bridgehead atoms. The molecule has 0 saturated carbocycles. The zero-order valence-electron chi connectivity index (χ0n) is 25.6. The molecule has 1 aliphatic rings. The Hall–Kier alpha value is -6.02. The van der Waals surface area contributed by atoms with Gasteiger partial charge in [-0.1, -0.05) is 78.9 Å². The third kappa shape index (κ3) is 6.39. The van der Waals surface area contributed by atoms with Crippen molar-refractivity contribution in [3.05, 3.63) is 160 Å². The summed E-state index contributed by atoms with van der Waals surface area (Å²) in [5.41, 5.74) is 4.71. The minimum atomic E-state index is -0.611. The summed E-state index contributed by atoms with van der Waals surface area (Å²) in [6.45, 7) is 1.65. The average molecular weight is 623 g/mol. The lowest BCUT2D eigenvalue weighted by atomic mass is 9.97. The summed E-state index contributed by atoms with van der Waals surface area (Å²) in [5.74, 6) is -0.468. The maximum absolute atomic E-state index is 13.4. The fraction of sp³-hybridized carbons (Fsp3) is 0.128. The van der Waals surface area contributed by atoms with E-state index in [2.05, 4.69) is 24.3 Å². The van der Waals surface area contributed by atoms with E-state index in [4.69, 9.17) is 19.0 Å². The van der Waals surface area contributed by atoms with Crippen LogP contribution in [0.25, 0.3) is 21.7 Å². The van der Waals surface area contributed by atoms with Crippen LogP contribution in [0, 0.1) is 6.92 Å². The molecule has 6 aromatic rings. The molecular formula is C39H30N2O6. The van der Waals surface area contributed by atoms with Crippen LogP contribution < -0.4 is 10.4 Å². The first-order chi connectivity index (χ1) is 22.9. The van der Waals surface area contributed by atoms with E-state index in [9.17, 15) is 14.4 Å². The number of fused-ring (bicyclic) bond motifs is 2. The number of carbonyl (C=O) groups excluding carboxylic acids is 2. The van der Waals surface area contributed by atoms with E-state index in [1.807, 2.05) is 67.6 Å². The maximum atomic E-state index is 13.4. The summed E-state index contributed by atoms with van der Waals surface area (Å²) in [4.78, 5) is 38.1. The van der Waals surface area contributed by atoms with E-state index in [1.165, 1.54) is 11.1 Å². The van der Waals surface area contributed by atoms with Gasteiger partial charge < -0.3 is 13.9 Å². The Morgan fingerprint density at radius 3 is 2.43 bits per heavy atom. The number of ether oxygens (including phenoxy) is 2. The van der Waals surface area contributed by atoms with Crippen molar-refractivity contribution in [3.63, 3.8) is 0 Å². The van der Waals surface area contributed by atoms with Crippen LogP contribution in [0.3, 0.4) is 0 Å². The van der Waals surface area contributed by atoms with Crippen LogP contribution in [-0.4, -0.2) is 29.2 Å². The summed E-state index contributed by atoms with van der Waals surface area (Å²) in [6.07, 6.45) is 0.541. The molecule has 0 unspecified atom stereocenters. The Bertz CT molecular complexity index is 2210. The number of aryl methyl sites for hydroxylation is 1. The molecule has 0 spiro atoms. The molecule has 7 rings (SSSR count). The van der Waals surface area contributed by atoms with Gasteiger partial charge in [-0.15, -0.1) is 0 Å². The van der Waals surface area contributed by atoms with E-state index >= 15 is 0 Å². The van der Waals surface area contributed by atoms with Gasteiger partial charge in [0, 0.05) is 23.9 Å². The number of nitrogens with zero attached hydrogens (tertiary/aromatic N) is 2. The van der Waals surface area contributed by atoms with E-state index in [0.29, 0.717) is 23.3 Å². The van der Waals surface area contributed by atoms with Gasteiger partial charge in [-0.3, -0.25) is 4.79 Å². The molecule has 8 heteroatoms. The van der Waals surface area contributed by atoms with Crippen LogP contribution >= 0.6 is 0 Å². The summed E-state index contributed by atoms with van der Waals surface area (Å²) in [7, 11) is 0. The third-order valence-corrected chi connectivity index (χ3v) is 8.28. The average Bonchev–Trinajstić information content (AvgIpc) is 3.56. The van der Waals surface area contributed by atoms with Gasteiger partial charge in [0.2, 0.25) is 0 Å². The predicted molar refractivity (Wildman–Crippen MR) is 179 cm³/mol. The lowest BCUT2D eigenvalue weighted by Gasteiger charge is -2.21. The van der Waals surface area contributed by atoms with Gasteiger partial charge in [0.1, 0.15) is 17.9 Å². The van der Waals surface area contributed by atoms with E-state index < -0.39 is 24.1 Å². The first-order valence-corrected chi connectivity index (χ1v) is 15.3. The number of benzene rings is 5. The first kappa shape index (κ1) is 29.7. The van der Waals surface area contributed by atoms with Crippen LogP contribution in [0.15, 0.2) is 136 Å². The fourth-order valence-corrected chi connectivity index (χ4v) is 5.79. The molecule has 1 amide bonds. The molecule has 0 aliphatic carbocycles. The molecule has 5 aromatic carbocycles. The van der Waals surface area contributed by atoms with Crippen molar-refractivity contribution in [1.82, 2.24) is 5.01 Å². The molecule has 2 heterocycles. The zero-order chi connectivity index (χ0) is 32.3. The second-order valence-electron chi connectivity index (χ2n) is 11.4. The molecule has 1 aromatic heterocycles. The minimum Gasteiger partial charge on any atom is -0.489 e. The number of hydrogen-bond acceptors (Lipinski definition) is 7. The van der Waals surface area contributed by atoms with Gasteiger partial charge in [-0.05, 0) is 70.3 Å². The van der Waals surface area contributed by atoms with Gasteiger partial charge in [-0.25, -0.2) is 14.6 Å². The van der Waals surface area contributed by atoms with Gasteiger partial charge in [-0.2, -0.15) is 5.10 Å². The summed E-state index contributed by atoms with van der Waals surface area (Å²) < 4.78 is 16.6. The largest absolute Gasteiger partial charge is 0.489 e. The minimum absolute atomic E-state index is 0.239. The predicted octanol–water partition coefficient (Wildman–Crippen LogP) is 7.37. The second kappa shape index (κ2) is 12.8. The van der Waals surface area contributed by atoms with Crippen molar-refractivity contribution in [2.45, 2.75) is 26.0 Å². The molecule has 0 N–H and O–H groups in total. The highest BCUT2D eigenvalue weighted by molar-refractivity contribution is 6.05. The van der Waals surface area contributed by atoms with E-state index in [1.54, 1.807) is 30.3 Å². The van der Waals surface area contributed by atoms with Crippen LogP contribution in [0.5, 0.6) is 5.75 Å². The third-order valence-electron chi connectivity index (χ3n) is 8.28. The van der Waals surface area contributed by atoms with Gasteiger partial charge >= 0.3 is 11.6 Å². The topological polar surface area (TPSA) is 98.4 Å². The number of amides is 1. The monoisotopic (exact) mass is 622 g/mol.